The Morgan fingerprint density at radius 2 is 1.97 bits per heavy atom. The Labute approximate surface area is 194 Å². The fourth-order valence-electron chi connectivity index (χ4n) is 3.32. The molecule has 0 atom stereocenters. The molecule has 0 bridgehead atoms. The van der Waals surface area contributed by atoms with Gasteiger partial charge in [-0.25, -0.2) is 4.98 Å². The van der Waals surface area contributed by atoms with Crippen LogP contribution in [0.3, 0.4) is 0 Å². The predicted octanol–water partition coefficient (Wildman–Crippen LogP) is 5.12. The SMILES string of the molecule is Cc1ccc(-c2csc3nc(CC(=O)N(C)Cc4ccccc4OC(F)(F)F)[nH]c(=O)c23)s1. The molecule has 0 aliphatic heterocycles. The normalized spacial score (nSPS) is 11.7. The van der Waals surface area contributed by atoms with E-state index in [-0.39, 0.29) is 35.7 Å². The Morgan fingerprint density at radius 1 is 1.21 bits per heavy atom. The second kappa shape index (κ2) is 8.99. The van der Waals surface area contributed by atoms with Crippen molar-refractivity contribution in [1.82, 2.24) is 14.9 Å². The van der Waals surface area contributed by atoms with E-state index in [0.29, 0.717) is 10.2 Å². The molecule has 0 fully saturated rings. The second-order valence-corrected chi connectivity index (χ2v) is 9.48. The number of likely N-dealkylation sites (N-methyl/N-ethyl adjacent to an activating group) is 1. The van der Waals surface area contributed by atoms with E-state index < -0.39 is 12.3 Å². The van der Waals surface area contributed by atoms with Crippen LogP contribution in [0.2, 0.25) is 0 Å². The van der Waals surface area contributed by atoms with E-state index in [1.54, 1.807) is 17.4 Å². The molecule has 0 spiro atoms. The molecule has 0 aliphatic rings. The van der Waals surface area contributed by atoms with Gasteiger partial charge in [-0.05, 0) is 25.1 Å². The number of para-hydroxylation sites is 1. The number of aryl methyl sites for hydroxylation is 1. The van der Waals surface area contributed by atoms with Crippen LogP contribution in [0.15, 0.2) is 46.6 Å². The first kappa shape index (κ1) is 23.0. The first-order valence-corrected chi connectivity index (χ1v) is 11.4. The van der Waals surface area contributed by atoms with Crippen molar-refractivity contribution in [3.05, 3.63) is 68.4 Å². The number of nitrogens with zero attached hydrogens (tertiary/aromatic N) is 2. The van der Waals surface area contributed by atoms with E-state index in [1.165, 1.54) is 41.5 Å². The first-order chi connectivity index (χ1) is 15.6. The van der Waals surface area contributed by atoms with Crippen molar-refractivity contribution in [1.29, 1.82) is 0 Å². The minimum atomic E-state index is -4.83. The first-order valence-electron chi connectivity index (χ1n) is 9.75. The van der Waals surface area contributed by atoms with Gasteiger partial charge in [0.05, 0.1) is 11.8 Å². The van der Waals surface area contributed by atoms with Gasteiger partial charge in [-0.2, -0.15) is 0 Å². The van der Waals surface area contributed by atoms with Crippen LogP contribution < -0.4 is 10.3 Å². The van der Waals surface area contributed by atoms with Gasteiger partial charge in [0.1, 0.15) is 16.4 Å². The fraction of sp³-hybridized carbons (Fsp3) is 0.227. The van der Waals surface area contributed by atoms with Gasteiger partial charge in [0.25, 0.3) is 5.56 Å². The summed E-state index contributed by atoms with van der Waals surface area (Å²) < 4.78 is 42.0. The summed E-state index contributed by atoms with van der Waals surface area (Å²) in [7, 11) is 1.46. The highest BCUT2D eigenvalue weighted by Gasteiger charge is 2.32. The Balaban J connectivity index is 1.52. The van der Waals surface area contributed by atoms with Gasteiger partial charge >= 0.3 is 6.36 Å². The van der Waals surface area contributed by atoms with E-state index in [1.807, 2.05) is 24.4 Å². The maximum absolute atomic E-state index is 12.7. The number of fused-ring (bicyclic) bond motifs is 1. The topological polar surface area (TPSA) is 75.3 Å². The third-order valence-corrected chi connectivity index (χ3v) is 6.76. The van der Waals surface area contributed by atoms with Crippen molar-refractivity contribution in [3.8, 4) is 16.2 Å². The molecule has 6 nitrogen and oxygen atoms in total. The van der Waals surface area contributed by atoms with Gasteiger partial charge in [-0.3, -0.25) is 9.59 Å². The number of carbonyl (C=O) groups is 1. The van der Waals surface area contributed by atoms with E-state index in [2.05, 4.69) is 14.7 Å². The standard InChI is InChI=1S/C22H18F3N3O3S2/c1-12-7-8-16(33-12)14-11-32-21-19(14)20(30)26-17(27-21)9-18(29)28(2)10-13-5-3-4-6-15(13)31-22(23,24)25/h3-8,11H,9-10H2,1-2H3,(H,26,27,30). The summed E-state index contributed by atoms with van der Waals surface area (Å²) in [5.74, 6) is -0.586. The minimum Gasteiger partial charge on any atom is -0.405 e. The van der Waals surface area contributed by atoms with E-state index >= 15 is 0 Å². The summed E-state index contributed by atoms with van der Waals surface area (Å²) in [6.07, 6.45) is -5.03. The lowest BCUT2D eigenvalue weighted by molar-refractivity contribution is -0.275. The maximum Gasteiger partial charge on any atom is 0.573 e. The molecule has 172 valence electrons. The van der Waals surface area contributed by atoms with E-state index in [0.717, 1.165) is 15.3 Å². The molecule has 3 aromatic heterocycles. The molecular formula is C22H18F3N3O3S2. The molecular weight excluding hydrogens is 475 g/mol. The summed E-state index contributed by atoms with van der Waals surface area (Å²) in [5, 5.41) is 2.35. The summed E-state index contributed by atoms with van der Waals surface area (Å²) in [4.78, 5) is 36.4. The molecule has 3 heterocycles. The molecule has 1 amide bonds. The third-order valence-electron chi connectivity index (χ3n) is 4.85. The van der Waals surface area contributed by atoms with Crippen LogP contribution in [0.1, 0.15) is 16.3 Å². The smallest absolute Gasteiger partial charge is 0.405 e. The summed E-state index contributed by atoms with van der Waals surface area (Å²) >= 11 is 2.90. The highest BCUT2D eigenvalue weighted by Crippen LogP contribution is 2.35. The number of amides is 1. The van der Waals surface area contributed by atoms with E-state index in [9.17, 15) is 22.8 Å². The van der Waals surface area contributed by atoms with Gasteiger partial charge in [-0.15, -0.1) is 35.8 Å². The molecule has 1 aromatic carbocycles. The Morgan fingerprint density at radius 3 is 2.67 bits per heavy atom. The number of benzene rings is 1. The average Bonchev–Trinajstić information content (AvgIpc) is 3.34. The zero-order valence-corrected chi connectivity index (χ0v) is 19.2. The Hall–Kier alpha value is -3.18. The van der Waals surface area contributed by atoms with Crippen molar-refractivity contribution in [2.45, 2.75) is 26.3 Å². The van der Waals surface area contributed by atoms with Crippen LogP contribution in [0, 0.1) is 6.92 Å². The number of aromatic nitrogens is 2. The Bertz CT molecular complexity index is 1370. The molecule has 1 N–H and O–H groups in total. The number of hydrogen-bond donors (Lipinski definition) is 1. The minimum absolute atomic E-state index is 0.0988. The number of halogens is 3. The van der Waals surface area contributed by atoms with Crippen LogP contribution in [0.25, 0.3) is 20.7 Å². The van der Waals surface area contributed by atoms with Gasteiger partial charge < -0.3 is 14.6 Å². The van der Waals surface area contributed by atoms with E-state index in [4.69, 9.17) is 0 Å². The van der Waals surface area contributed by atoms with Crippen LogP contribution in [0.4, 0.5) is 13.2 Å². The molecule has 0 saturated heterocycles. The lowest BCUT2D eigenvalue weighted by Gasteiger charge is -2.19. The lowest BCUT2D eigenvalue weighted by Crippen LogP contribution is -2.29. The molecule has 33 heavy (non-hydrogen) atoms. The zero-order chi connectivity index (χ0) is 23.8. The van der Waals surface area contributed by atoms with Crippen LogP contribution in [-0.4, -0.2) is 34.2 Å². The second-order valence-electron chi connectivity index (χ2n) is 7.33. The van der Waals surface area contributed by atoms with Crippen LogP contribution in [-0.2, 0) is 17.8 Å². The number of thiophene rings is 2. The average molecular weight is 494 g/mol. The van der Waals surface area contributed by atoms with Gasteiger partial charge in [0, 0.05) is 39.9 Å². The number of hydrogen-bond acceptors (Lipinski definition) is 6. The van der Waals surface area contributed by atoms with Crippen molar-refractivity contribution in [3.63, 3.8) is 0 Å². The van der Waals surface area contributed by atoms with Gasteiger partial charge in [0.15, 0.2) is 0 Å². The maximum atomic E-state index is 12.7. The number of rotatable bonds is 6. The highest BCUT2D eigenvalue weighted by molar-refractivity contribution is 7.19. The van der Waals surface area contributed by atoms with Gasteiger partial charge in [-0.1, -0.05) is 18.2 Å². The predicted molar refractivity (Wildman–Crippen MR) is 122 cm³/mol. The van der Waals surface area contributed by atoms with Crippen molar-refractivity contribution < 1.29 is 22.7 Å². The molecule has 4 aromatic rings. The molecule has 0 saturated carbocycles. The fourth-order valence-corrected chi connectivity index (χ4v) is 5.24. The number of carbonyl (C=O) groups excluding carboxylic acids is 1. The van der Waals surface area contributed by atoms with Crippen molar-refractivity contribution in [2.24, 2.45) is 0 Å². The van der Waals surface area contributed by atoms with Gasteiger partial charge in [0.2, 0.25) is 5.91 Å². The molecule has 4 rings (SSSR count). The molecule has 0 aliphatic carbocycles. The zero-order valence-electron chi connectivity index (χ0n) is 17.5. The number of H-pyrrole nitrogens is 1. The van der Waals surface area contributed by atoms with Crippen molar-refractivity contribution in [2.75, 3.05) is 7.05 Å². The summed E-state index contributed by atoms with van der Waals surface area (Å²) in [6.45, 7) is 1.89. The number of alkyl halides is 3. The molecule has 0 unspecified atom stereocenters. The number of nitrogens with one attached hydrogen (secondary N) is 1. The van der Waals surface area contributed by atoms with Crippen molar-refractivity contribution >= 4 is 38.8 Å². The largest absolute Gasteiger partial charge is 0.573 e. The number of ether oxygens (including phenoxy) is 1. The summed E-state index contributed by atoms with van der Waals surface area (Å²) in [6, 6.07) is 9.56. The Kier molecular flexibility index (Phi) is 6.26. The molecule has 0 radical (unpaired) electrons. The lowest BCUT2D eigenvalue weighted by atomic mass is 10.2. The highest BCUT2D eigenvalue weighted by atomic mass is 32.1. The summed E-state index contributed by atoms with van der Waals surface area (Å²) in [5.41, 5.74) is 0.673. The van der Waals surface area contributed by atoms with Crippen LogP contribution in [0.5, 0.6) is 5.75 Å². The third kappa shape index (κ3) is 5.25. The monoisotopic (exact) mass is 493 g/mol. The molecule has 11 heteroatoms. The quantitative estimate of drug-likeness (QED) is 0.405. The number of aromatic amines is 1. The van der Waals surface area contributed by atoms with Crippen LogP contribution >= 0.6 is 22.7 Å².